The van der Waals surface area contributed by atoms with Crippen molar-refractivity contribution < 1.29 is 14.3 Å². The van der Waals surface area contributed by atoms with Gasteiger partial charge in [-0.1, -0.05) is 30.3 Å². The molecule has 0 aliphatic heterocycles. The van der Waals surface area contributed by atoms with Gasteiger partial charge in [-0.05, 0) is 29.8 Å². The van der Waals surface area contributed by atoms with E-state index in [-0.39, 0.29) is 12.6 Å². The first-order chi connectivity index (χ1) is 12.2. The number of anilines is 2. The van der Waals surface area contributed by atoms with Gasteiger partial charge in [0.2, 0.25) is 0 Å². The van der Waals surface area contributed by atoms with E-state index in [4.69, 9.17) is 9.47 Å². The Morgan fingerprint density at radius 3 is 2.56 bits per heavy atom. The van der Waals surface area contributed by atoms with E-state index in [0.717, 1.165) is 16.4 Å². The number of hydrogen-bond acceptors (Lipinski definition) is 6. The van der Waals surface area contributed by atoms with Crippen molar-refractivity contribution in [1.29, 1.82) is 0 Å². The van der Waals surface area contributed by atoms with Gasteiger partial charge >= 0.3 is 5.97 Å². The third-order valence-electron chi connectivity index (χ3n) is 3.43. The fourth-order valence-electron chi connectivity index (χ4n) is 2.20. The van der Waals surface area contributed by atoms with E-state index in [0.29, 0.717) is 17.9 Å². The van der Waals surface area contributed by atoms with Crippen LogP contribution in [0.15, 0.2) is 60.0 Å². The van der Waals surface area contributed by atoms with E-state index in [2.05, 4.69) is 10.3 Å². The van der Waals surface area contributed by atoms with Crippen LogP contribution in [0.1, 0.15) is 21.6 Å². The van der Waals surface area contributed by atoms with E-state index in [9.17, 15) is 4.79 Å². The fraction of sp³-hybridized carbons (Fsp3) is 0.158. The lowest BCUT2D eigenvalue weighted by molar-refractivity contribution is 0.0468. The van der Waals surface area contributed by atoms with Crippen LogP contribution in [0.5, 0.6) is 0 Å². The molecule has 0 spiro atoms. The van der Waals surface area contributed by atoms with Gasteiger partial charge in [0, 0.05) is 18.2 Å². The molecule has 0 fully saturated rings. The van der Waals surface area contributed by atoms with Crippen molar-refractivity contribution in [2.24, 2.45) is 0 Å². The average molecular weight is 354 g/mol. The minimum Gasteiger partial charge on any atom is -0.456 e. The Labute approximate surface area is 150 Å². The molecule has 5 nitrogen and oxygen atoms in total. The molecule has 0 unspecified atom stereocenters. The Balaban J connectivity index is 1.54. The Hall–Kier alpha value is -2.70. The lowest BCUT2D eigenvalue weighted by atomic mass is 10.1. The van der Waals surface area contributed by atoms with E-state index < -0.39 is 0 Å². The molecule has 0 aliphatic rings. The van der Waals surface area contributed by atoms with Gasteiger partial charge in [0.15, 0.2) is 5.13 Å². The first-order valence-electron chi connectivity index (χ1n) is 7.76. The van der Waals surface area contributed by atoms with Crippen molar-refractivity contribution in [3.05, 3.63) is 76.8 Å². The summed E-state index contributed by atoms with van der Waals surface area (Å²) >= 11 is 1.47. The standard InChI is InChI=1S/C19H18N2O3S/c1-23-11-14-7-9-15(10-8-14)18(22)24-12-17-13-25-19(21-17)20-16-5-3-2-4-6-16/h2-10,13H,11-12H2,1H3,(H,20,21). The van der Waals surface area contributed by atoms with Crippen LogP contribution in [-0.2, 0) is 22.7 Å². The van der Waals surface area contributed by atoms with Crippen molar-refractivity contribution in [2.75, 3.05) is 12.4 Å². The second kappa shape index (κ2) is 8.41. The summed E-state index contributed by atoms with van der Waals surface area (Å²) in [4.78, 5) is 16.5. The fourth-order valence-corrected chi connectivity index (χ4v) is 2.92. The maximum atomic E-state index is 12.1. The normalized spacial score (nSPS) is 10.4. The highest BCUT2D eigenvalue weighted by Crippen LogP contribution is 2.21. The number of thiazole rings is 1. The molecule has 0 bridgehead atoms. The summed E-state index contributed by atoms with van der Waals surface area (Å²) in [6.45, 7) is 0.664. The predicted molar refractivity (Wildman–Crippen MR) is 98.1 cm³/mol. The summed E-state index contributed by atoms with van der Waals surface area (Å²) < 4.78 is 10.4. The number of nitrogens with zero attached hydrogens (tertiary/aromatic N) is 1. The van der Waals surface area contributed by atoms with Crippen LogP contribution in [0, 0.1) is 0 Å². The van der Waals surface area contributed by atoms with Crippen molar-refractivity contribution in [1.82, 2.24) is 4.98 Å². The minimum absolute atomic E-state index is 0.144. The van der Waals surface area contributed by atoms with Crippen LogP contribution in [-0.4, -0.2) is 18.1 Å². The number of nitrogens with one attached hydrogen (secondary N) is 1. The molecule has 0 saturated heterocycles. The predicted octanol–water partition coefficient (Wildman–Crippen LogP) is 4.39. The molecule has 1 N–H and O–H groups in total. The number of benzene rings is 2. The number of esters is 1. The number of para-hydroxylation sites is 1. The monoisotopic (exact) mass is 354 g/mol. The Morgan fingerprint density at radius 2 is 1.84 bits per heavy atom. The van der Waals surface area contributed by atoms with Gasteiger partial charge in [-0.3, -0.25) is 0 Å². The van der Waals surface area contributed by atoms with Crippen molar-refractivity contribution in [2.45, 2.75) is 13.2 Å². The maximum Gasteiger partial charge on any atom is 0.338 e. The van der Waals surface area contributed by atoms with Crippen LogP contribution in [0.3, 0.4) is 0 Å². The molecule has 6 heteroatoms. The topological polar surface area (TPSA) is 60.5 Å². The highest BCUT2D eigenvalue weighted by Gasteiger charge is 2.09. The second-order valence-electron chi connectivity index (χ2n) is 5.34. The van der Waals surface area contributed by atoms with Crippen LogP contribution in [0.2, 0.25) is 0 Å². The number of carbonyl (C=O) groups is 1. The summed E-state index contributed by atoms with van der Waals surface area (Å²) in [6.07, 6.45) is 0. The van der Waals surface area contributed by atoms with E-state index in [1.54, 1.807) is 19.2 Å². The van der Waals surface area contributed by atoms with Crippen molar-refractivity contribution in [3.63, 3.8) is 0 Å². The molecule has 0 amide bonds. The van der Waals surface area contributed by atoms with Gasteiger partial charge in [-0.15, -0.1) is 11.3 Å². The van der Waals surface area contributed by atoms with Crippen LogP contribution < -0.4 is 5.32 Å². The number of hydrogen-bond donors (Lipinski definition) is 1. The number of rotatable bonds is 7. The lowest BCUT2D eigenvalue weighted by Crippen LogP contribution is -2.05. The maximum absolute atomic E-state index is 12.1. The number of carbonyl (C=O) groups excluding carboxylic acids is 1. The Morgan fingerprint density at radius 1 is 1.08 bits per heavy atom. The van der Waals surface area contributed by atoms with Gasteiger partial charge in [-0.25, -0.2) is 9.78 Å². The summed E-state index contributed by atoms with van der Waals surface area (Å²) in [7, 11) is 1.64. The quantitative estimate of drug-likeness (QED) is 0.638. The Bertz CT molecular complexity index is 816. The van der Waals surface area contributed by atoms with Gasteiger partial charge < -0.3 is 14.8 Å². The first-order valence-corrected chi connectivity index (χ1v) is 8.64. The Kier molecular flexibility index (Phi) is 5.77. The zero-order chi connectivity index (χ0) is 17.5. The van der Waals surface area contributed by atoms with Crippen LogP contribution in [0.4, 0.5) is 10.8 Å². The van der Waals surface area contributed by atoms with Gasteiger partial charge in [0.25, 0.3) is 0 Å². The third-order valence-corrected chi connectivity index (χ3v) is 4.24. The van der Waals surface area contributed by atoms with E-state index in [1.165, 1.54) is 11.3 Å². The molecule has 3 aromatic rings. The molecule has 128 valence electrons. The number of methoxy groups -OCH3 is 1. The minimum atomic E-state index is -0.366. The molecule has 25 heavy (non-hydrogen) atoms. The SMILES string of the molecule is COCc1ccc(C(=O)OCc2csc(Nc3ccccc3)n2)cc1. The molecule has 0 radical (unpaired) electrons. The van der Waals surface area contributed by atoms with Gasteiger partial charge in [-0.2, -0.15) is 0 Å². The van der Waals surface area contributed by atoms with Gasteiger partial charge in [0.05, 0.1) is 17.9 Å². The molecule has 0 saturated carbocycles. The number of ether oxygens (including phenoxy) is 2. The van der Waals surface area contributed by atoms with E-state index >= 15 is 0 Å². The molecule has 1 heterocycles. The van der Waals surface area contributed by atoms with Crippen molar-refractivity contribution in [3.8, 4) is 0 Å². The summed E-state index contributed by atoms with van der Waals surface area (Å²) in [5.74, 6) is -0.366. The highest BCUT2D eigenvalue weighted by molar-refractivity contribution is 7.13. The van der Waals surface area contributed by atoms with E-state index in [1.807, 2.05) is 47.8 Å². The molecular formula is C19H18N2O3S. The lowest BCUT2D eigenvalue weighted by Gasteiger charge is -2.04. The summed E-state index contributed by atoms with van der Waals surface area (Å²) in [6, 6.07) is 17.0. The molecular weight excluding hydrogens is 336 g/mol. The molecule has 1 aromatic heterocycles. The van der Waals surface area contributed by atoms with Crippen LogP contribution in [0.25, 0.3) is 0 Å². The summed E-state index contributed by atoms with van der Waals surface area (Å²) in [5, 5.41) is 5.86. The molecule has 0 atom stereocenters. The zero-order valence-electron chi connectivity index (χ0n) is 13.8. The summed E-state index contributed by atoms with van der Waals surface area (Å²) in [5.41, 5.74) is 3.21. The van der Waals surface area contributed by atoms with Gasteiger partial charge in [0.1, 0.15) is 6.61 Å². The molecule has 0 aliphatic carbocycles. The zero-order valence-corrected chi connectivity index (χ0v) is 14.6. The van der Waals surface area contributed by atoms with Crippen LogP contribution >= 0.6 is 11.3 Å². The van der Waals surface area contributed by atoms with Crippen molar-refractivity contribution >= 4 is 28.1 Å². The molecule has 3 rings (SSSR count). The first kappa shape index (κ1) is 17.1. The molecule has 2 aromatic carbocycles. The highest BCUT2D eigenvalue weighted by atomic mass is 32.1. The largest absolute Gasteiger partial charge is 0.456 e. The number of aromatic nitrogens is 1. The second-order valence-corrected chi connectivity index (χ2v) is 6.20. The average Bonchev–Trinajstić information content (AvgIpc) is 3.09. The smallest absolute Gasteiger partial charge is 0.338 e. The third kappa shape index (κ3) is 4.89.